The molecule has 0 spiro atoms. The van der Waals surface area contributed by atoms with E-state index in [1.165, 1.54) is 10.5 Å². The maximum atomic E-state index is 13.1. The molecule has 19 heteroatoms. The summed E-state index contributed by atoms with van der Waals surface area (Å²) in [6.07, 6.45) is 10.5. The van der Waals surface area contributed by atoms with Gasteiger partial charge in [0.2, 0.25) is 5.95 Å². The average Bonchev–Trinajstić information content (AvgIpc) is 4.09. The van der Waals surface area contributed by atoms with Gasteiger partial charge in [0.1, 0.15) is 5.69 Å². The number of carbonyl (C=O) groups excluding carboxylic acids is 2. The molecular weight excluding hydrogens is 1060 g/mol. The number of nitrogens with one attached hydrogen (secondary N) is 5. The van der Waals surface area contributed by atoms with Gasteiger partial charge in [-0.3, -0.25) is 34.8 Å². The summed E-state index contributed by atoms with van der Waals surface area (Å²) in [6.45, 7) is 14.3. The van der Waals surface area contributed by atoms with Crippen LogP contribution in [0.5, 0.6) is 0 Å². The first kappa shape index (κ1) is 51.8. The highest BCUT2D eigenvalue weighted by Crippen LogP contribution is 2.31. The Bertz CT molecular complexity index is 3150. The largest absolute Gasteiger partial charge is 0.330 e. The molecule has 0 atom stereocenters. The number of aromatic amines is 1. The van der Waals surface area contributed by atoms with E-state index >= 15 is 0 Å². The summed E-state index contributed by atoms with van der Waals surface area (Å²) in [5.74, 6) is 0.299. The van der Waals surface area contributed by atoms with Crippen molar-refractivity contribution in [2.24, 2.45) is 0 Å². The number of carbonyl (C=O) groups is 2. The third kappa shape index (κ3) is 13.7. The number of imidazole rings is 1. The normalized spacial score (nSPS) is 14.5. The first-order valence-corrected chi connectivity index (χ1v) is 26.0. The van der Waals surface area contributed by atoms with E-state index in [1.807, 2.05) is 117 Å². The van der Waals surface area contributed by atoms with Crippen LogP contribution in [0.15, 0.2) is 143 Å². The molecule has 17 nitrogen and oxygen atoms in total. The molecule has 4 aromatic carbocycles. The predicted molar refractivity (Wildman–Crippen MR) is 299 cm³/mol. The van der Waals surface area contributed by atoms with Crippen molar-refractivity contribution in [2.45, 2.75) is 26.9 Å². The summed E-state index contributed by atoms with van der Waals surface area (Å²) in [5.41, 5.74) is 15.1. The molecule has 2 aliphatic heterocycles. The van der Waals surface area contributed by atoms with Gasteiger partial charge in [-0.05, 0) is 123 Å². The molecule has 6 heterocycles. The number of anilines is 5. The molecule has 8 aromatic rings. The number of aromatic nitrogens is 7. The summed E-state index contributed by atoms with van der Waals surface area (Å²) >= 11 is 7.38. The summed E-state index contributed by atoms with van der Waals surface area (Å²) < 4.78 is 1.83. The lowest BCUT2D eigenvalue weighted by Gasteiger charge is -2.32. The van der Waals surface area contributed by atoms with Crippen LogP contribution < -0.4 is 21.4 Å². The first-order chi connectivity index (χ1) is 35.9. The minimum Gasteiger partial charge on any atom is -0.330 e. The Morgan fingerprint density at radius 1 is 0.622 bits per heavy atom. The summed E-state index contributed by atoms with van der Waals surface area (Å²) in [6, 6.07) is 30.8. The van der Waals surface area contributed by atoms with E-state index in [-0.39, 0.29) is 11.8 Å². The quantitative estimate of drug-likeness (QED) is 0.0696. The van der Waals surface area contributed by atoms with Crippen LogP contribution in [-0.4, -0.2) is 133 Å². The minimum absolute atomic E-state index is 0.132. The Morgan fingerprint density at radius 3 is 1.77 bits per heavy atom. The maximum absolute atomic E-state index is 13.1. The van der Waals surface area contributed by atoms with Gasteiger partial charge in [-0.25, -0.2) is 4.98 Å². The number of halogens is 2. The van der Waals surface area contributed by atoms with E-state index < -0.39 is 0 Å². The zero-order valence-electron chi connectivity index (χ0n) is 41.8. The summed E-state index contributed by atoms with van der Waals surface area (Å²) in [4.78, 5) is 53.1. The van der Waals surface area contributed by atoms with Gasteiger partial charge in [-0.15, -0.1) is 10.2 Å². The maximum Gasteiger partial charge on any atom is 0.255 e. The Morgan fingerprint density at radius 2 is 1.18 bits per heavy atom. The van der Waals surface area contributed by atoms with Crippen LogP contribution in [0.1, 0.15) is 43.0 Å². The number of likely N-dealkylation sites (N-methyl/N-ethyl adjacent to an activating group) is 2. The number of hydrogen-bond donors (Lipinski definition) is 5. The second kappa shape index (κ2) is 24.3. The number of H-pyrrole nitrogens is 1. The van der Waals surface area contributed by atoms with Crippen LogP contribution >= 0.6 is 31.9 Å². The number of hydrogen-bond acceptors (Lipinski definition) is 13. The van der Waals surface area contributed by atoms with Gasteiger partial charge in [0, 0.05) is 145 Å². The smallest absolute Gasteiger partial charge is 0.255 e. The topological polar surface area (TPSA) is 180 Å². The predicted octanol–water partition coefficient (Wildman–Crippen LogP) is 9.57. The molecule has 0 bridgehead atoms. The number of benzene rings is 4. The van der Waals surface area contributed by atoms with Crippen molar-refractivity contribution in [3.63, 3.8) is 0 Å². The number of pyridine rings is 2. The number of rotatable bonds is 14. The van der Waals surface area contributed by atoms with Gasteiger partial charge in [0.15, 0.2) is 0 Å². The summed E-state index contributed by atoms with van der Waals surface area (Å²) in [7, 11) is 4.31. The van der Waals surface area contributed by atoms with E-state index in [4.69, 9.17) is 0 Å². The SMILES string of the molecule is Cc1ccc(NC(=O)c2cc(Br)c(CN3CCN(C)CC3)c(Br)c2)cc1Nn1ncc(-c2cccnc2)n1.Cc1ccc(NC(=O)c2ccc(CN3CCN(C)CC3)cc2)cc1Nc1nc(-c2cccnc2)c[nH]1. The molecule has 0 unspecified atom stereocenters. The number of piperazine rings is 2. The van der Waals surface area contributed by atoms with Crippen molar-refractivity contribution in [1.82, 2.24) is 54.6 Å². The zero-order valence-corrected chi connectivity index (χ0v) is 45.0. The Hall–Kier alpha value is -7.13. The van der Waals surface area contributed by atoms with Gasteiger partial charge in [0.25, 0.3) is 11.8 Å². The van der Waals surface area contributed by atoms with Crippen LogP contribution in [0.25, 0.3) is 22.5 Å². The molecule has 2 fully saturated rings. The lowest BCUT2D eigenvalue weighted by atomic mass is 10.1. The van der Waals surface area contributed by atoms with Crippen molar-refractivity contribution in [2.75, 3.05) is 87.8 Å². The van der Waals surface area contributed by atoms with E-state index in [1.54, 1.807) is 31.0 Å². The lowest BCUT2D eigenvalue weighted by molar-refractivity contribution is 0.101. The highest BCUT2D eigenvalue weighted by Gasteiger charge is 2.20. The third-order valence-corrected chi connectivity index (χ3v) is 14.5. The molecule has 2 amide bonds. The van der Waals surface area contributed by atoms with Crippen LogP contribution in [-0.2, 0) is 13.1 Å². The van der Waals surface area contributed by atoms with Crippen molar-refractivity contribution in [3.05, 3.63) is 177 Å². The second-order valence-electron chi connectivity index (χ2n) is 18.6. The molecule has 0 saturated carbocycles. The molecule has 74 heavy (non-hydrogen) atoms. The van der Waals surface area contributed by atoms with Crippen molar-refractivity contribution in [1.29, 1.82) is 0 Å². The van der Waals surface area contributed by atoms with Crippen LogP contribution in [0, 0.1) is 13.8 Å². The molecular formula is C55H59Br2N15O2. The third-order valence-electron chi connectivity index (χ3n) is 13.0. The van der Waals surface area contributed by atoms with Crippen molar-refractivity contribution >= 4 is 72.4 Å². The first-order valence-electron chi connectivity index (χ1n) is 24.4. The summed E-state index contributed by atoms with van der Waals surface area (Å²) in [5, 5.41) is 18.1. The Balaban J connectivity index is 0.000000182. The van der Waals surface area contributed by atoms with Gasteiger partial charge in [-0.1, -0.05) is 61.0 Å². The van der Waals surface area contributed by atoms with Crippen LogP contribution in [0.4, 0.5) is 28.7 Å². The number of nitrogens with zero attached hydrogens (tertiary/aromatic N) is 10. The monoisotopic (exact) mass is 1120 g/mol. The standard InChI is InChI=1S/C28H31N7O.C27H28Br2N8O/c1-20-5-10-24(16-25(20)32-28-30-18-26(33-28)23-4-3-11-29-17-23)31-27(36)22-8-6-21(7-9-22)19-35-14-12-34(2)13-15-35;1-18-5-6-21(14-25(18)33-37-31-16-26(34-37)19-4-3-7-30-15-19)32-27(38)20-12-23(28)22(24(29)13-20)17-36-10-8-35(2)9-11-36/h3-11,16-18H,12-15,19H2,1-2H3,(H,31,36)(H2,30,32,33);3-7,12-16,33H,8-11,17H2,1-2H3,(H,32,38). The van der Waals surface area contributed by atoms with E-state index in [0.29, 0.717) is 34.1 Å². The highest BCUT2D eigenvalue weighted by molar-refractivity contribution is 9.11. The number of amides is 2. The van der Waals surface area contributed by atoms with Crippen LogP contribution in [0.2, 0.25) is 0 Å². The minimum atomic E-state index is -0.191. The van der Waals surface area contributed by atoms with E-state index in [0.717, 1.165) is 119 Å². The molecule has 380 valence electrons. The fraction of sp³-hybridized carbons (Fsp3) is 0.255. The number of aryl methyl sites for hydroxylation is 2. The molecule has 0 aliphatic carbocycles. The Labute approximate surface area is 448 Å². The van der Waals surface area contributed by atoms with Gasteiger partial charge >= 0.3 is 0 Å². The van der Waals surface area contributed by atoms with Crippen molar-refractivity contribution < 1.29 is 9.59 Å². The van der Waals surface area contributed by atoms with Crippen LogP contribution in [0.3, 0.4) is 0 Å². The average molecular weight is 1120 g/mol. The van der Waals surface area contributed by atoms with E-state index in [2.05, 4.69) is 117 Å². The molecule has 0 radical (unpaired) electrons. The highest BCUT2D eigenvalue weighted by atomic mass is 79.9. The van der Waals surface area contributed by atoms with Gasteiger partial charge < -0.3 is 30.7 Å². The fourth-order valence-electron chi connectivity index (χ4n) is 8.45. The van der Waals surface area contributed by atoms with Crippen molar-refractivity contribution in [3.8, 4) is 22.5 Å². The van der Waals surface area contributed by atoms with Gasteiger partial charge in [0.05, 0.1) is 17.6 Å². The fourth-order valence-corrected chi connectivity index (χ4v) is 9.89. The molecule has 4 aromatic heterocycles. The molecule has 10 rings (SSSR count). The zero-order chi connectivity index (χ0) is 51.6. The Kier molecular flexibility index (Phi) is 17.0. The second-order valence-corrected chi connectivity index (χ2v) is 20.3. The van der Waals surface area contributed by atoms with Gasteiger partial charge in [-0.2, -0.15) is 0 Å². The molecule has 2 aliphatic rings. The lowest BCUT2D eigenvalue weighted by Crippen LogP contribution is -2.44. The molecule has 5 N–H and O–H groups in total. The molecule has 2 saturated heterocycles. The van der Waals surface area contributed by atoms with E-state index in [9.17, 15) is 9.59 Å².